The molecule has 0 aromatic carbocycles. The molecule has 1 rings (SSSR count). The lowest BCUT2D eigenvalue weighted by Crippen LogP contribution is -2.58. The van der Waals surface area contributed by atoms with Crippen molar-refractivity contribution in [1.82, 2.24) is 9.80 Å². The largest absolute Gasteiger partial charge is 0.298 e. The van der Waals surface area contributed by atoms with E-state index in [-0.39, 0.29) is 19.5 Å². The van der Waals surface area contributed by atoms with Crippen LogP contribution in [0.15, 0.2) is 0 Å². The van der Waals surface area contributed by atoms with E-state index in [1.54, 1.807) is 16.8 Å². The van der Waals surface area contributed by atoms with Crippen LogP contribution < -0.4 is 0 Å². The molecule has 0 radical (unpaired) electrons. The van der Waals surface area contributed by atoms with Crippen molar-refractivity contribution in [3.63, 3.8) is 0 Å². The molecule has 0 aliphatic carbocycles. The third kappa shape index (κ3) is 3.08. The van der Waals surface area contributed by atoms with Crippen molar-refractivity contribution in [2.75, 3.05) is 39.9 Å². The highest BCUT2D eigenvalue weighted by Crippen LogP contribution is 2.28. The van der Waals surface area contributed by atoms with Gasteiger partial charge in [-0.25, -0.2) is 13.2 Å². The second kappa shape index (κ2) is 5.16. The lowest BCUT2D eigenvalue weighted by molar-refractivity contribution is -0.103. The Hall–Kier alpha value is -0.290. The molecule has 1 unspecified atom stereocenters. The van der Waals surface area contributed by atoms with Crippen LogP contribution in [0.5, 0.6) is 0 Å². The monoisotopic (exact) mass is 224 g/mol. The fraction of sp³-hybridized carbons (Fsp3) is 1.00. The molecule has 90 valence electrons. The van der Waals surface area contributed by atoms with Gasteiger partial charge in [0.25, 0.3) is 5.92 Å². The Kier molecular flexibility index (Phi) is 4.40. The quantitative estimate of drug-likeness (QED) is 0.716. The van der Waals surface area contributed by atoms with Crippen LogP contribution in [0.3, 0.4) is 0 Å². The van der Waals surface area contributed by atoms with Crippen molar-refractivity contribution in [2.45, 2.75) is 25.3 Å². The van der Waals surface area contributed by atoms with E-state index in [1.807, 2.05) is 0 Å². The van der Waals surface area contributed by atoms with Crippen LogP contribution in [-0.2, 0) is 0 Å². The Labute approximate surface area is 89.0 Å². The van der Waals surface area contributed by atoms with Gasteiger partial charge >= 0.3 is 0 Å². The summed E-state index contributed by atoms with van der Waals surface area (Å²) in [5, 5.41) is 0. The van der Waals surface area contributed by atoms with E-state index < -0.39 is 18.6 Å². The molecule has 0 aromatic rings. The Balaban J connectivity index is 2.61. The lowest BCUT2D eigenvalue weighted by Gasteiger charge is -2.42. The molecule has 1 aliphatic rings. The van der Waals surface area contributed by atoms with Gasteiger partial charge in [0.1, 0.15) is 6.67 Å². The van der Waals surface area contributed by atoms with Crippen molar-refractivity contribution >= 4 is 0 Å². The number of likely N-dealkylation sites (N-methyl/N-ethyl adjacent to an activating group) is 1. The van der Waals surface area contributed by atoms with Gasteiger partial charge < -0.3 is 0 Å². The summed E-state index contributed by atoms with van der Waals surface area (Å²) >= 11 is 0. The highest BCUT2D eigenvalue weighted by molar-refractivity contribution is 4.89. The number of nitrogens with zero attached hydrogens (tertiary/aromatic N) is 2. The molecular formula is C10H19F3N2. The summed E-state index contributed by atoms with van der Waals surface area (Å²) < 4.78 is 39.2. The first-order valence-corrected chi connectivity index (χ1v) is 5.37. The molecule has 0 N–H and O–H groups in total. The Morgan fingerprint density at radius 1 is 1.33 bits per heavy atom. The van der Waals surface area contributed by atoms with E-state index in [1.165, 1.54) is 6.92 Å². The van der Waals surface area contributed by atoms with E-state index in [4.69, 9.17) is 0 Å². The van der Waals surface area contributed by atoms with E-state index >= 15 is 0 Å². The van der Waals surface area contributed by atoms with E-state index in [0.29, 0.717) is 13.1 Å². The van der Waals surface area contributed by atoms with Gasteiger partial charge in [0.05, 0.1) is 6.04 Å². The molecule has 0 amide bonds. The molecule has 1 atom stereocenters. The van der Waals surface area contributed by atoms with Crippen molar-refractivity contribution in [1.29, 1.82) is 0 Å². The van der Waals surface area contributed by atoms with Crippen LogP contribution in [0.4, 0.5) is 13.2 Å². The number of hydrogen-bond donors (Lipinski definition) is 0. The first-order chi connectivity index (χ1) is 7.01. The van der Waals surface area contributed by atoms with Crippen molar-refractivity contribution in [3.8, 4) is 0 Å². The normalized spacial score (nSPS) is 25.8. The van der Waals surface area contributed by atoms with Gasteiger partial charge in [-0.3, -0.25) is 9.80 Å². The predicted molar refractivity (Wildman–Crippen MR) is 54.1 cm³/mol. The zero-order chi connectivity index (χ0) is 11.5. The standard InChI is InChI=1S/C10H19F3N2/c1-3-10(12,13)9-8-15(5-4-11)7-6-14(9)2/h9H,3-8H2,1-2H3. The minimum Gasteiger partial charge on any atom is -0.298 e. The Bertz CT molecular complexity index is 199. The van der Waals surface area contributed by atoms with Gasteiger partial charge in [0.15, 0.2) is 0 Å². The maximum Gasteiger partial charge on any atom is 0.264 e. The molecule has 15 heavy (non-hydrogen) atoms. The second-order valence-electron chi connectivity index (χ2n) is 4.10. The van der Waals surface area contributed by atoms with E-state index in [2.05, 4.69) is 0 Å². The van der Waals surface area contributed by atoms with Gasteiger partial charge in [0.2, 0.25) is 0 Å². The minimum absolute atomic E-state index is 0.161. The summed E-state index contributed by atoms with van der Waals surface area (Å²) in [6.07, 6.45) is -0.161. The molecule has 1 aliphatic heterocycles. The molecule has 1 heterocycles. The number of piperazine rings is 1. The van der Waals surface area contributed by atoms with Crippen LogP contribution in [0.25, 0.3) is 0 Å². The van der Waals surface area contributed by atoms with Gasteiger partial charge in [-0.1, -0.05) is 6.92 Å². The lowest BCUT2D eigenvalue weighted by atomic mass is 10.0. The molecule has 0 spiro atoms. The van der Waals surface area contributed by atoms with Crippen LogP contribution in [0.2, 0.25) is 0 Å². The molecule has 1 fully saturated rings. The summed E-state index contributed by atoms with van der Waals surface area (Å²) in [5.74, 6) is -2.68. The molecule has 0 saturated carbocycles. The SMILES string of the molecule is CCC(F)(F)C1CN(CCF)CCN1C. The summed E-state index contributed by atoms with van der Waals surface area (Å²) in [4.78, 5) is 3.45. The van der Waals surface area contributed by atoms with Gasteiger partial charge in [-0.05, 0) is 7.05 Å². The third-order valence-corrected chi connectivity index (χ3v) is 3.09. The van der Waals surface area contributed by atoms with Crippen LogP contribution in [0.1, 0.15) is 13.3 Å². The highest BCUT2D eigenvalue weighted by Gasteiger charge is 2.42. The third-order valence-electron chi connectivity index (χ3n) is 3.09. The Morgan fingerprint density at radius 2 is 2.00 bits per heavy atom. The maximum atomic E-state index is 13.5. The van der Waals surface area contributed by atoms with E-state index in [9.17, 15) is 13.2 Å². The average Bonchev–Trinajstić information content (AvgIpc) is 2.21. The zero-order valence-electron chi connectivity index (χ0n) is 9.35. The smallest absolute Gasteiger partial charge is 0.264 e. The van der Waals surface area contributed by atoms with Crippen LogP contribution >= 0.6 is 0 Å². The molecule has 0 aromatic heterocycles. The predicted octanol–water partition coefficient (Wildman–Crippen LogP) is 1.62. The number of alkyl halides is 3. The Morgan fingerprint density at radius 3 is 2.53 bits per heavy atom. The van der Waals surface area contributed by atoms with Gasteiger partial charge in [-0.2, -0.15) is 0 Å². The average molecular weight is 224 g/mol. The zero-order valence-corrected chi connectivity index (χ0v) is 9.35. The highest BCUT2D eigenvalue weighted by atomic mass is 19.3. The number of rotatable bonds is 4. The summed E-state index contributed by atoms with van der Waals surface area (Å²) in [6, 6.07) is -0.775. The summed E-state index contributed by atoms with van der Waals surface area (Å²) in [7, 11) is 1.71. The minimum atomic E-state index is -2.68. The second-order valence-corrected chi connectivity index (χ2v) is 4.10. The molecule has 1 saturated heterocycles. The molecule has 0 bridgehead atoms. The van der Waals surface area contributed by atoms with Crippen LogP contribution in [-0.4, -0.2) is 61.7 Å². The summed E-state index contributed by atoms with van der Waals surface area (Å²) in [6.45, 7) is 2.82. The first kappa shape index (κ1) is 12.8. The fourth-order valence-electron chi connectivity index (χ4n) is 1.94. The number of halogens is 3. The fourth-order valence-corrected chi connectivity index (χ4v) is 1.94. The molecule has 2 nitrogen and oxygen atoms in total. The first-order valence-electron chi connectivity index (χ1n) is 5.37. The molecular weight excluding hydrogens is 205 g/mol. The summed E-state index contributed by atoms with van der Waals surface area (Å²) in [5.41, 5.74) is 0. The molecule has 5 heteroatoms. The topological polar surface area (TPSA) is 6.48 Å². The maximum absolute atomic E-state index is 13.5. The van der Waals surface area contributed by atoms with Crippen molar-refractivity contribution < 1.29 is 13.2 Å². The van der Waals surface area contributed by atoms with Gasteiger partial charge in [0, 0.05) is 32.6 Å². The number of hydrogen-bond acceptors (Lipinski definition) is 2. The van der Waals surface area contributed by atoms with Crippen molar-refractivity contribution in [2.24, 2.45) is 0 Å². The van der Waals surface area contributed by atoms with Crippen molar-refractivity contribution in [3.05, 3.63) is 0 Å². The van der Waals surface area contributed by atoms with E-state index in [0.717, 1.165) is 0 Å². The van der Waals surface area contributed by atoms with Crippen LogP contribution in [0, 0.1) is 0 Å². The van der Waals surface area contributed by atoms with Gasteiger partial charge in [-0.15, -0.1) is 0 Å².